The molecule has 0 radical (unpaired) electrons. The van der Waals surface area contributed by atoms with Gasteiger partial charge in [0, 0.05) is 4.43 Å². The predicted octanol–water partition coefficient (Wildman–Crippen LogP) is 3.69. The third-order valence-corrected chi connectivity index (χ3v) is 5.95. The molecule has 0 bridgehead atoms. The first-order chi connectivity index (χ1) is 6.80. The van der Waals surface area contributed by atoms with Crippen LogP contribution in [-0.2, 0) is 4.74 Å². The van der Waals surface area contributed by atoms with Crippen molar-refractivity contribution in [3.8, 4) is 0 Å². The molecule has 0 aromatic rings. The smallest absolute Gasteiger partial charge is 0.0743 e. The van der Waals surface area contributed by atoms with Crippen molar-refractivity contribution in [2.24, 2.45) is 5.41 Å². The molecule has 2 heteroatoms. The van der Waals surface area contributed by atoms with Crippen LogP contribution >= 0.6 is 22.6 Å². The van der Waals surface area contributed by atoms with Crippen LogP contribution in [0, 0.1) is 5.41 Å². The van der Waals surface area contributed by atoms with Gasteiger partial charge >= 0.3 is 0 Å². The molecule has 2 spiro atoms. The molecule has 2 saturated carbocycles. The van der Waals surface area contributed by atoms with Gasteiger partial charge < -0.3 is 4.74 Å². The molecular formula is C12H19IO. The standard InChI is InChI=1S/C12H19IO/c13-9-10-3-6-12(14-10)8-7-11(12)4-1-2-5-11/h10H,1-9H2. The highest BCUT2D eigenvalue weighted by molar-refractivity contribution is 14.1. The lowest BCUT2D eigenvalue weighted by atomic mass is 9.54. The van der Waals surface area contributed by atoms with Crippen LogP contribution in [0.1, 0.15) is 51.4 Å². The summed E-state index contributed by atoms with van der Waals surface area (Å²) in [5, 5.41) is 0. The summed E-state index contributed by atoms with van der Waals surface area (Å²) < 4.78 is 7.55. The van der Waals surface area contributed by atoms with Gasteiger partial charge in [-0.05, 0) is 43.9 Å². The summed E-state index contributed by atoms with van der Waals surface area (Å²) in [6.07, 6.45) is 11.9. The van der Waals surface area contributed by atoms with Crippen LogP contribution in [0.25, 0.3) is 0 Å². The van der Waals surface area contributed by atoms with Crippen LogP contribution in [-0.4, -0.2) is 16.1 Å². The van der Waals surface area contributed by atoms with Crippen molar-refractivity contribution < 1.29 is 4.74 Å². The van der Waals surface area contributed by atoms with E-state index < -0.39 is 0 Å². The Labute approximate surface area is 100 Å². The van der Waals surface area contributed by atoms with Crippen LogP contribution in [0.2, 0.25) is 0 Å². The van der Waals surface area contributed by atoms with Crippen molar-refractivity contribution in [3.05, 3.63) is 0 Å². The fraction of sp³-hybridized carbons (Fsp3) is 1.00. The van der Waals surface area contributed by atoms with Crippen molar-refractivity contribution in [2.45, 2.75) is 63.1 Å². The summed E-state index contributed by atoms with van der Waals surface area (Å²) in [6.45, 7) is 0. The average molecular weight is 306 g/mol. The molecule has 14 heavy (non-hydrogen) atoms. The molecule has 0 aromatic heterocycles. The number of ether oxygens (including phenoxy) is 1. The second-order valence-electron chi connectivity index (χ2n) is 5.41. The molecule has 2 aliphatic carbocycles. The molecule has 80 valence electrons. The third kappa shape index (κ3) is 1.16. The van der Waals surface area contributed by atoms with Crippen LogP contribution in [0.3, 0.4) is 0 Å². The fourth-order valence-corrected chi connectivity index (χ4v) is 4.65. The molecule has 3 aliphatic rings. The molecular weight excluding hydrogens is 287 g/mol. The van der Waals surface area contributed by atoms with E-state index in [-0.39, 0.29) is 0 Å². The minimum atomic E-state index is 0.360. The van der Waals surface area contributed by atoms with Crippen molar-refractivity contribution >= 4 is 22.6 Å². The Kier molecular flexibility index (Phi) is 2.36. The highest BCUT2D eigenvalue weighted by Crippen LogP contribution is 2.65. The van der Waals surface area contributed by atoms with Gasteiger partial charge in [-0.3, -0.25) is 0 Å². The van der Waals surface area contributed by atoms with Gasteiger partial charge in [-0.15, -0.1) is 0 Å². The van der Waals surface area contributed by atoms with Crippen molar-refractivity contribution in [3.63, 3.8) is 0 Å². The predicted molar refractivity (Wildman–Crippen MR) is 65.9 cm³/mol. The van der Waals surface area contributed by atoms with Gasteiger partial charge in [0.25, 0.3) is 0 Å². The molecule has 3 fully saturated rings. The Morgan fingerprint density at radius 3 is 2.36 bits per heavy atom. The van der Waals surface area contributed by atoms with E-state index in [4.69, 9.17) is 4.74 Å². The largest absolute Gasteiger partial charge is 0.370 e. The van der Waals surface area contributed by atoms with Crippen molar-refractivity contribution in [1.29, 1.82) is 0 Å². The van der Waals surface area contributed by atoms with Crippen LogP contribution < -0.4 is 0 Å². The lowest BCUT2D eigenvalue weighted by Gasteiger charge is -2.56. The zero-order valence-corrected chi connectivity index (χ0v) is 10.9. The van der Waals surface area contributed by atoms with Crippen molar-refractivity contribution in [1.82, 2.24) is 0 Å². The Bertz CT molecular complexity index is 234. The molecule has 0 aromatic carbocycles. The number of hydrogen-bond donors (Lipinski definition) is 0. The van der Waals surface area contributed by atoms with Crippen LogP contribution in [0.5, 0.6) is 0 Å². The topological polar surface area (TPSA) is 9.23 Å². The molecule has 0 amide bonds. The molecule has 0 N–H and O–H groups in total. The first kappa shape index (κ1) is 9.88. The maximum Gasteiger partial charge on any atom is 0.0743 e. The number of halogens is 1. The van der Waals surface area contributed by atoms with Gasteiger partial charge in [0.05, 0.1) is 11.7 Å². The summed E-state index contributed by atoms with van der Waals surface area (Å²) in [5.74, 6) is 0. The zero-order chi connectivity index (χ0) is 9.65. The molecule has 3 rings (SSSR count). The molecule has 1 nitrogen and oxygen atoms in total. The van der Waals surface area contributed by atoms with Gasteiger partial charge in [0.1, 0.15) is 0 Å². The molecule has 1 aliphatic heterocycles. The Morgan fingerprint density at radius 2 is 1.86 bits per heavy atom. The van der Waals surface area contributed by atoms with Gasteiger partial charge in [-0.1, -0.05) is 35.4 Å². The average Bonchev–Trinajstić information content (AvgIpc) is 2.86. The Morgan fingerprint density at radius 1 is 1.07 bits per heavy atom. The van der Waals surface area contributed by atoms with Gasteiger partial charge in [-0.25, -0.2) is 0 Å². The third-order valence-electron chi connectivity index (χ3n) is 4.97. The van der Waals surface area contributed by atoms with Gasteiger partial charge in [0.15, 0.2) is 0 Å². The normalized spacial score (nSPS) is 44.8. The summed E-state index contributed by atoms with van der Waals surface area (Å²) in [7, 11) is 0. The summed E-state index contributed by atoms with van der Waals surface area (Å²) >= 11 is 2.47. The lowest BCUT2D eigenvalue weighted by Crippen LogP contribution is -2.55. The highest BCUT2D eigenvalue weighted by atomic mass is 127. The quantitative estimate of drug-likeness (QED) is 0.530. The van der Waals surface area contributed by atoms with E-state index in [0.717, 1.165) is 0 Å². The van der Waals surface area contributed by atoms with E-state index >= 15 is 0 Å². The summed E-state index contributed by atoms with van der Waals surface area (Å²) in [4.78, 5) is 0. The minimum absolute atomic E-state index is 0.360. The van der Waals surface area contributed by atoms with Crippen molar-refractivity contribution in [2.75, 3.05) is 4.43 Å². The molecule has 1 saturated heterocycles. The van der Waals surface area contributed by atoms with E-state index in [1.165, 1.54) is 55.8 Å². The van der Waals surface area contributed by atoms with Gasteiger partial charge in [0.2, 0.25) is 0 Å². The zero-order valence-electron chi connectivity index (χ0n) is 8.73. The maximum atomic E-state index is 6.36. The molecule has 1 heterocycles. The number of hydrogen-bond acceptors (Lipinski definition) is 1. The number of alkyl halides is 1. The minimum Gasteiger partial charge on any atom is -0.370 e. The maximum absolute atomic E-state index is 6.36. The first-order valence-electron chi connectivity index (χ1n) is 6.04. The summed E-state index contributed by atoms with van der Waals surface area (Å²) in [6, 6.07) is 0. The first-order valence-corrected chi connectivity index (χ1v) is 7.57. The number of rotatable bonds is 1. The van der Waals surface area contributed by atoms with E-state index in [1.807, 2.05) is 0 Å². The SMILES string of the molecule is ICC1CCC2(CCC23CCCC3)O1. The molecule has 2 unspecified atom stereocenters. The van der Waals surface area contributed by atoms with Crippen LogP contribution in [0.4, 0.5) is 0 Å². The second-order valence-corrected chi connectivity index (χ2v) is 6.30. The second kappa shape index (κ2) is 3.34. The Hall–Kier alpha value is 0.690. The van der Waals surface area contributed by atoms with Crippen LogP contribution in [0.15, 0.2) is 0 Å². The van der Waals surface area contributed by atoms with E-state index in [2.05, 4.69) is 22.6 Å². The number of fused-ring (bicyclic) bond motifs is 1. The molecule has 2 atom stereocenters. The van der Waals surface area contributed by atoms with E-state index in [1.54, 1.807) is 0 Å². The fourth-order valence-electron chi connectivity index (χ4n) is 4.03. The highest BCUT2D eigenvalue weighted by Gasteiger charge is 2.62. The monoisotopic (exact) mass is 306 g/mol. The van der Waals surface area contributed by atoms with E-state index in [0.29, 0.717) is 17.1 Å². The Balaban J connectivity index is 1.78. The lowest BCUT2D eigenvalue weighted by molar-refractivity contribution is -0.188. The summed E-state index contributed by atoms with van der Waals surface area (Å²) in [5.41, 5.74) is 1.01. The van der Waals surface area contributed by atoms with Gasteiger partial charge in [-0.2, -0.15) is 0 Å². The van der Waals surface area contributed by atoms with E-state index in [9.17, 15) is 0 Å².